The van der Waals surface area contributed by atoms with Crippen LogP contribution in [0.25, 0.3) is 0 Å². The van der Waals surface area contributed by atoms with Crippen LogP contribution in [0.3, 0.4) is 0 Å². The van der Waals surface area contributed by atoms with Crippen molar-refractivity contribution in [1.82, 2.24) is 5.32 Å². The predicted molar refractivity (Wildman–Crippen MR) is 79.1 cm³/mol. The lowest BCUT2D eigenvalue weighted by Gasteiger charge is -2.10. The predicted octanol–water partition coefficient (Wildman–Crippen LogP) is 3.31. The Kier molecular flexibility index (Phi) is 3.88. The zero-order valence-electron chi connectivity index (χ0n) is 11.6. The molecule has 1 aliphatic heterocycles. The zero-order valence-corrected chi connectivity index (χ0v) is 11.6. The quantitative estimate of drug-likeness (QED) is 0.903. The summed E-state index contributed by atoms with van der Waals surface area (Å²) in [6.45, 7) is 4.33. The van der Waals surface area contributed by atoms with Gasteiger partial charge in [-0.3, -0.25) is 0 Å². The standard InChI is InChI=1S/C17H19NO2/c1-2-18-16-12-20-17-10-14(8-9-15(16)17)19-11-13-6-4-3-5-7-13/h3-10,16,18H,2,11-12H2,1H3. The fourth-order valence-corrected chi connectivity index (χ4v) is 2.44. The van der Waals surface area contributed by atoms with Crippen LogP contribution in [0.2, 0.25) is 0 Å². The monoisotopic (exact) mass is 269 g/mol. The maximum atomic E-state index is 5.81. The van der Waals surface area contributed by atoms with Crippen LogP contribution < -0.4 is 14.8 Å². The lowest BCUT2D eigenvalue weighted by atomic mass is 10.1. The SMILES string of the molecule is CCNC1COc2cc(OCc3ccccc3)ccc21. The topological polar surface area (TPSA) is 30.5 Å². The Balaban J connectivity index is 1.68. The Hall–Kier alpha value is -2.00. The summed E-state index contributed by atoms with van der Waals surface area (Å²) < 4.78 is 11.5. The average molecular weight is 269 g/mol. The second-order valence-electron chi connectivity index (χ2n) is 4.90. The second-order valence-corrected chi connectivity index (χ2v) is 4.90. The molecule has 3 rings (SSSR count). The molecule has 0 saturated heterocycles. The molecule has 0 aliphatic carbocycles. The highest BCUT2D eigenvalue weighted by Crippen LogP contribution is 2.35. The molecule has 3 heteroatoms. The number of nitrogens with one attached hydrogen (secondary N) is 1. The molecule has 0 amide bonds. The molecular weight excluding hydrogens is 250 g/mol. The van der Waals surface area contributed by atoms with Crippen molar-refractivity contribution in [1.29, 1.82) is 0 Å². The minimum Gasteiger partial charge on any atom is -0.491 e. The van der Waals surface area contributed by atoms with Crippen LogP contribution in [0.4, 0.5) is 0 Å². The molecule has 2 aromatic rings. The lowest BCUT2D eigenvalue weighted by Crippen LogP contribution is -2.21. The van der Waals surface area contributed by atoms with Crippen molar-refractivity contribution in [2.75, 3.05) is 13.2 Å². The van der Waals surface area contributed by atoms with Gasteiger partial charge in [-0.05, 0) is 24.2 Å². The molecule has 20 heavy (non-hydrogen) atoms. The third-order valence-corrected chi connectivity index (χ3v) is 3.46. The molecule has 0 radical (unpaired) electrons. The molecule has 1 N–H and O–H groups in total. The molecule has 2 aromatic carbocycles. The maximum absolute atomic E-state index is 5.81. The van der Waals surface area contributed by atoms with E-state index in [2.05, 4.69) is 30.4 Å². The average Bonchev–Trinajstić information content (AvgIpc) is 2.89. The fourth-order valence-electron chi connectivity index (χ4n) is 2.44. The molecule has 1 heterocycles. The van der Waals surface area contributed by atoms with Crippen molar-refractivity contribution in [3.63, 3.8) is 0 Å². The van der Waals surface area contributed by atoms with Crippen molar-refractivity contribution in [2.24, 2.45) is 0 Å². The molecule has 1 unspecified atom stereocenters. The van der Waals surface area contributed by atoms with Crippen LogP contribution in [0.15, 0.2) is 48.5 Å². The summed E-state index contributed by atoms with van der Waals surface area (Å²) >= 11 is 0. The summed E-state index contributed by atoms with van der Waals surface area (Å²) in [7, 11) is 0. The molecule has 1 aliphatic rings. The summed E-state index contributed by atoms with van der Waals surface area (Å²) in [5.74, 6) is 1.78. The zero-order chi connectivity index (χ0) is 13.8. The molecule has 1 atom stereocenters. The highest BCUT2D eigenvalue weighted by Gasteiger charge is 2.23. The number of hydrogen-bond acceptors (Lipinski definition) is 3. The van der Waals surface area contributed by atoms with Gasteiger partial charge in [0.1, 0.15) is 24.7 Å². The van der Waals surface area contributed by atoms with Gasteiger partial charge in [-0.25, -0.2) is 0 Å². The smallest absolute Gasteiger partial charge is 0.128 e. The van der Waals surface area contributed by atoms with Gasteiger partial charge in [-0.2, -0.15) is 0 Å². The van der Waals surface area contributed by atoms with Crippen LogP contribution in [0.1, 0.15) is 24.1 Å². The van der Waals surface area contributed by atoms with Gasteiger partial charge in [0, 0.05) is 11.6 Å². The number of ether oxygens (including phenoxy) is 2. The van der Waals surface area contributed by atoms with Crippen molar-refractivity contribution in [2.45, 2.75) is 19.6 Å². The first kappa shape index (κ1) is 13.0. The van der Waals surface area contributed by atoms with E-state index in [1.54, 1.807) is 0 Å². The van der Waals surface area contributed by atoms with Crippen LogP contribution in [0.5, 0.6) is 11.5 Å². The molecule has 0 bridgehead atoms. The van der Waals surface area contributed by atoms with E-state index in [1.165, 1.54) is 11.1 Å². The van der Waals surface area contributed by atoms with Gasteiger partial charge in [0.05, 0.1) is 6.04 Å². The maximum Gasteiger partial charge on any atom is 0.128 e. The number of hydrogen-bond donors (Lipinski definition) is 1. The third kappa shape index (κ3) is 2.78. The Labute approximate surface area is 119 Å². The summed E-state index contributed by atoms with van der Waals surface area (Å²) in [5, 5.41) is 3.41. The number of rotatable bonds is 5. The minimum absolute atomic E-state index is 0.304. The second kappa shape index (κ2) is 5.97. The molecule has 3 nitrogen and oxygen atoms in total. The number of fused-ring (bicyclic) bond motifs is 1. The lowest BCUT2D eigenvalue weighted by molar-refractivity contribution is 0.297. The Morgan fingerprint density at radius 2 is 2.05 bits per heavy atom. The molecule has 0 saturated carbocycles. The Morgan fingerprint density at radius 3 is 2.85 bits per heavy atom. The van der Waals surface area contributed by atoms with Gasteiger partial charge in [-0.15, -0.1) is 0 Å². The van der Waals surface area contributed by atoms with Crippen LogP contribution in [0, 0.1) is 0 Å². The van der Waals surface area contributed by atoms with Gasteiger partial charge >= 0.3 is 0 Å². The molecule has 0 fully saturated rings. The van der Waals surface area contributed by atoms with E-state index in [1.807, 2.05) is 30.3 Å². The largest absolute Gasteiger partial charge is 0.491 e. The first-order valence-electron chi connectivity index (χ1n) is 7.03. The molecule has 0 spiro atoms. The normalized spacial score (nSPS) is 16.6. The van der Waals surface area contributed by atoms with E-state index in [-0.39, 0.29) is 0 Å². The van der Waals surface area contributed by atoms with Crippen molar-refractivity contribution in [3.8, 4) is 11.5 Å². The molecular formula is C17H19NO2. The highest BCUT2D eigenvalue weighted by atomic mass is 16.5. The van der Waals surface area contributed by atoms with Crippen LogP contribution in [-0.2, 0) is 6.61 Å². The highest BCUT2D eigenvalue weighted by molar-refractivity contribution is 5.45. The number of likely N-dealkylation sites (N-methyl/N-ethyl adjacent to an activating group) is 1. The summed E-state index contributed by atoms with van der Waals surface area (Å²) in [5.41, 5.74) is 2.39. The Bertz CT molecular complexity index is 568. The number of benzene rings is 2. The van der Waals surface area contributed by atoms with Gasteiger partial charge in [0.25, 0.3) is 0 Å². The van der Waals surface area contributed by atoms with E-state index in [4.69, 9.17) is 9.47 Å². The van der Waals surface area contributed by atoms with E-state index >= 15 is 0 Å². The first-order chi connectivity index (χ1) is 9.86. The molecule has 104 valence electrons. The van der Waals surface area contributed by atoms with E-state index in [0.717, 1.165) is 18.0 Å². The van der Waals surface area contributed by atoms with Gasteiger partial charge in [-0.1, -0.05) is 37.3 Å². The van der Waals surface area contributed by atoms with Crippen LogP contribution in [-0.4, -0.2) is 13.2 Å². The van der Waals surface area contributed by atoms with Crippen molar-refractivity contribution >= 4 is 0 Å². The van der Waals surface area contributed by atoms with Gasteiger partial charge in [0.15, 0.2) is 0 Å². The first-order valence-corrected chi connectivity index (χ1v) is 7.03. The van der Waals surface area contributed by atoms with E-state index in [9.17, 15) is 0 Å². The summed E-state index contributed by atoms with van der Waals surface area (Å²) in [6.07, 6.45) is 0. The summed E-state index contributed by atoms with van der Waals surface area (Å²) in [4.78, 5) is 0. The third-order valence-electron chi connectivity index (χ3n) is 3.46. The van der Waals surface area contributed by atoms with Gasteiger partial charge in [0.2, 0.25) is 0 Å². The summed E-state index contributed by atoms with van der Waals surface area (Å²) in [6, 6.07) is 16.6. The Morgan fingerprint density at radius 1 is 1.20 bits per heavy atom. The van der Waals surface area contributed by atoms with E-state index in [0.29, 0.717) is 19.3 Å². The van der Waals surface area contributed by atoms with E-state index < -0.39 is 0 Å². The minimum atomic E-state index is 0.304. The van der Waals surface area contributed by atoms with Crippen molar-refractivity contribution in [3.05, 3.63) is 59.7 Å². The fraction of sp³-hybridized carbons (Fsp3) is 0.294. The van der Waals surface area contributed by atoms with Crippen molar-refractivity contribution < 1.29 is 9.47 Å². The van der Waals surface area contributed by atoms with Crippen LogP contribution >= 0.6 is 0 Å². The van der Waals surface area contributed by atoms with Gasteiger partial charge < -0.3 is 14.8 Å². The molecule has 0 aromatic heterocycles.